The van der Waals surface area contributed by atoms with Gasteiger partial charge >= 0.3 is 0 Å². The van der Waals surface area contributed by atoms with E-state index in [4.69, 9.17) is 5.73 Å². The van der Waals surface area contributed by atoms with Gasteiger partial charge in [-0.15, -0.1) is 5.10 Å². The first kappa shape index (κ1) is 13.4. The van der Waals surface area contributed by atoms with Crippen molar-refractivity contribution < 1.29 is 0 Å². The monoisotopic (exact) mass is 283 g/mol. The third kappa shape index (κ3) is 2.55. The van der Waals surface area contributed by atoms with E-state index in [1.165, 1.54) is 5.56 Å². The Morgan fingerprint density at radius 3 is 2.90 bits per heavy atom. The number of para-hydroxylation sites is 1. The van der Waals surface area contributed by atoms with Crippen molar-refractivity contribution in [2.24, 2.45) is 5.73 Å². The molecule has 1 aromatic carbocycles. The Morgan fingerprint density at radius 2 is 2.10 bits per heavy atom. The number of tetrazole rings is 1. The van der Waals surface area contributed by atoms with Crippen molar-refractivity contribution in [2.75, 3.05) is 18.0 Å². The highest BCUT2D eigenvalue weighted by Crippen LogP contribution is 2.27. The summed E-state index contributed by atoms with van der Waals surface area (Å²) >= 11 is 0. The molecule has 2 aromatic heterocycles. The number of hydrogen-bond acceptors (Lipinski definition) is 6. The summed E-state index contributed by atoms with van der Waals surface area (Å²) < 4.78 is 1.69. The lowest BCUT2D eigenvalue weighted by Gasteiger charge is -2.25. The molecule has 0 spiro atoms. The molecule has 3 aromatic rings. The van der Waals surface area contributed by atoms with Crippen molar-refractivity contribution >= 4 is 17.2 Å². The largest absolute Gasteiger partial charge is 0.330 e. The van der Waals surface area contributed by atoms with Crippen LogP contribution in [0.4, 0.5) is 11.5 Å². The van der Waals surface area contributed by atoms with Crippen LogP contribution in [0.1, 0.15) is 12.0 Å². The van der Waals surface area contributed by atoms with E-state index in [0.717, 1.165) is 24.5 Å². The molecule has 0 amide bonds. The molecule has 0 unspecified atom stereocenters. The lowest BCUT2D eigenvalue weighted by molar-refractivity contribution is 0.766. The first-order chi connectivity index (χ1) is 10.3. The predicted molar refractivity (Wildman–Crippen MR) is 80.4 cm³/mol. The van der Waals surface area contributed by atoms with E-state index < -0.39 is 0 Å². The zero-order valence-electron chi connectivity index (χ0n) is 11.8. The van der Waals surface area contributed by atoms with Gasteiger partial charge < -0.3 is 10.6 Å². The molecule has 2 heterocycles. The summed E-state index contributed by atoms with van der Waals surface area (Å²) in [6.45, 7) is 3.49. The Balaban J connectivity index is 2.11. The van der Waals surface area contributed by atoms with Crippen molar-refractivity contribution in [3.63, 3.8) is 0 Å². The molecule has 0 atom stereocenters. The minimum Gasteiger partial charge on any atom is -0.330 e. The second kappa shape index (κ2) is 5.84. The van der Waals surface area contributed by atoms with Gasteiger partial charge in [-0.05, 0) is 41.9 Å². The third-order valence-corrected chi connectivity index (χ3v) is 3.36. The second-order valence-electron chi connectivity index (χ2n) is 4.79. The van der Waals surface area contributed by atoms with E-state index in [9.17, 15) is 0 Å². The van der Waals surface area contributed by atoms with E-state index in [-0.39, 0.29) is 0 Å². The number of benzene rings is 1. The van der Waals surface area contributed by atoms with Gasteiger partial charge in [-0.2, -0.15) is 4.52 Å². The molecule has 0 aliphatic rings. The Labute approximate surface area is 122 Å². The molecule has 0 saturated carbocycles. The quantitative estimate of drug-likeness (QED) is 0.760. The van der Waals surface area contributed by atoms with Gasteiger partial charge in [0.15, 0.2) is 11.5 Å². The molecule has 0 fully saturated rings. The van der Waals surface area contributed by atoms with Gasteiger partial charge in [0.25, 0.3) is 0 Å². The first-order valence-electron chi connectivity index (χ1n) is 6.86. The zero-order chi connectivity index (χ0) is 14.7. The molecule has 0 bridgehead atoms. The molecule has 108 valence electrons. The third-order valence-electron chi connectivity index (χ3n) is 3.36. The average molecular weight is 283 g/mol. The zero-order valence-corrected chi connectivity index (χ0v) is 11.8. The average Bonchev–Trinajstić information content (AvgIpc) is 2.98. The number of nitrogens with two attached hydrogens (primary N) is 1. The van der Waals surface area contributed by atoms with Crippen LogP contribution in [-0.4, -0.2) is 38.1 Å². The number of fused-ring (bicyclic) bond motifs is 1. The molecular formula is C14H17N7. The molecular weight excluding hydrogens is 266 g/mol. The fourth-order valence-electron chi connectivity index (χ4n) is 2.32. The molecule has 0 saturated heterocycles. The fourth-order valence-corrected chi connectivity index (χ4v) is 2.32. The van der Waals surface area contributed by atoms with Gasteiger partial charge in [0.2, 0.25) is 0 Å². The maximum absolute atomic E-state index is 5.67. The molecule has 2 N–H and O–H groups in total. The number of aromatic nitrogens is 5. The van der Waals surface area contributed by atoms with Crippen LogP contribution in [0, 0.1) is 6.92 Å². The van der Waals surface area contributed by atoms with E-state index in [1.807, 2.05) is 12.1 Å². The van der Waals surface area contributed by atoms with Crippen molar-refractivity contribution in [3.8, 4) is 0 Å². The van der Waals surface area contributed by atoms with E-state index in [1.54, 1.807) is 16.9 Å². The van der Waals surface area contributed by atoms with Crippen molar-refractivity contribution in [3.05, 3.63) is 42.2 Å². The highest BCUT2D eigenvalue weighted by molar-refractivity contribution is 5.64. The maximum atomic E-state index is 5.67. The Bertz CT molecular complexity index is 737. The van der Waals surface area contributed by atoms with Gasteiger partial charge in [0.05, 0.1) is 12.4 Å². The lowest BCUT2D eigenvalue weighted by atomic mass is 10.1. The van der Waals surface area contributed by atoms with Crippen molar-refractivity contribution in [1.29, 1.82) is 0 Å². The standard InChI is InChI=1S/C14H17N7/c1-11-5-2-3-6-12(11)20(8-4-7-15)14-10-16-9-13-17-18-19-21(13)14/h2-3,5-6,9-10H,4,7-8,15H2,1H3. The number of rotatable bonds is 5. The van der Waals surface area contributed by atoms with E-state index >= 15 is 0 Å². The normalized spacial score (nSPS) is 11.0. The van der Waals surface area contributed by atoms with Crippen LogP contribution in [-0.2, 0) is 0 Å². The number of anilines is 2. The predicted octanol–water partition coefficient (Wildman–Crippen LogP) is 1.31. The van der Waals surface area contributed by atoms with Crippen molar-refractivity contribution in [1.82, 2.24) is 25.0 Å². The van der Waals surface area contributed by atoms with Crippen LogP contribution < -0.4 is 10.6 Å². The highest BCUT2D eigenvalue weighted by atomic mass is 15.5. The highest BCUT2D eigenvalue weighted by Gasteiger charge is 2.15. The Morgan fingerprint density at radius 1 is 1.24 bits per heavy atom. The molecule has 0 aliphatic carbocycles. The van der Waals surface area contributed by atoms with Gasteiger partial charge in [0, 0.05) is 12.2 Å². The summed E-state index contributed by atoms with van der Waals surface area (Å²) in [7, 11) is 0. The summed E-state index contributed by atoms with van der Waals surface area (Å²) in [6.07, 6.45) is 4.28. The topological polar surface area (TPSA) is 85.2 Å². The van der Waals surface area contributed by atoms with E-state index in [0.29, 0.717) is 12.2 Å². The van der Waals surface area contributed by atoms with Crippen LogP contribution in [0.3, 0.4) is 0 Å². The van der Waals surface area contributed by atoms with Crippen LogP contribution in [0.5, 0.6) is 0 Å². The summed E-state index contributed by atoms with van der Waals surface area (Å²) in [5.41, 5.74) is 8.59. The molecule has 7 nitrogen and oxygen atoms in total. The van der Waals surface area contributed by atoms with Crippen molar-refractivity contribution in [2.45, 2.75) is 13.3 Å². The summed E-state index contributed by atoms with van der Waals surface area (Å²) in [4.78, 5) is 6.38. The molecule has 7 heteroatoms. The SMILES string of the molecule is Cc1ccccc1N(CCCN)c1cncc2nnnn12. The smallest absolute Gasteiger partial charge is 0.199 e. The first-order valence-corrected chi connectivity index (χ1v) is 6.86. The molecule has 0 aliphatic heterocycles. The number of hydrogen-bond donors (Lipinski definition) is 1. The summed E-state index contributed by atoms with van der Waals surface area (Å²) in [5.74, 6) is 0.834. The summed E-state index contributed by atoms with van der Waals surface area (Å²) in [5, 5.41) is 11.7. The minimum absolute atomic E-state index is 0.624. The van der Waals surface area contributed by atoms with Crippen LogP contribution in [0.15, 0.2) is 36.7 Å². The lowest BCUT2D eigenvalue weighted by Crippen LogP contribution is -2.24. The minimum atomic E-state index is 0.624. The van der Waals surface area contributed by atoms with E-state index in [2.05, 4.69) is 44.5 Å². The maximum Gasteiger partial charge on any atom is 0.199 e. The molecule has 3 rings (SSSR count). The second-order valence-corrected chi connectivity index (χ2v) is 4.79. The number of nitrogens with zero attached hydrogens (tertiary/aromatic N) is 6. The Kier molecular flexibility index (Phi) is 3.74. The fraction of sp³-hybridized carbons (Fsp3) is 0.286. The van der Waals surface area contributed by atoms with Crippen LogP contribution in [0.25, 0.3) is 5.65 Å². The molecule has 21 heavy (non-hydrogen) atoms. The van der Waals surface area contributed by atoms with Crippen LogP contribution in [0.2, 0.25) is 0 Å². The van der Waals surface area contributed by atoms with Gasteiger partial charge in [-0.25, -0.2) is 0 Å². The number of aryl methyl sites for hydroxylation is 1. The molecule has 0 radical (unpaired) electrons. The van der Waals surface area contributed by atoms with Gasteiger partial charge in [-0.1, -0.05) is 18.2 Å². The van der Waals surface area contributed by atoms with Crippen LogP contribution >= 0.6 is 0 Å². The van der Waals surface area contributed by atoms with Gasteiger partial charge in [0.1, 0.15) is 0 Å². The Hall–Kier alpha value is -2.54. The summed E-state index contributed by atoms with van der Waals surface area (Å²) in [6, 6.07) is 8.20. The van der Waals surface area contributed by atoms with Gasteiger partial charge in [-0.3, -0.25) is 4.98 Å².